The molecule has 0 spiro atoms. The van der Waals surface area contributed by atoms with Crippen LogP contribution in [-0.4, -0.2) is 41.8 Å². The highest BCUT2D eigenvalue weighted by Gasteiger charge is 2.18. The van der Waals surface area contributed by atoms with Crippen molar-refractivity contribution < 1.29 is 19.1 Å². The number of esters is 1. The summed E-state index contributed by atoms with van der Waals surface area (Å²) >= 11 is 2.62. The number of carbonyl (C=O) groups is 3. The Hall–Kier alpha value is -2.59. The zero-order valence-corrected chi connectivity index (χ0v) is 19.6. The highest BCUT2D eigenvalue weighted by atomic mass is 32.2. The number of nitrogens with one attached hydrogen (secondary N) is 2. The summed E-state index contributed by atoms with van der Waals surface area (Å²) in [4.78, 5) is 41.8. The molecule has 0 aliphatic carbocycles. The first-order valence-electron chi connectivity index (χ1n) is 10.1. The van der Waals surface area contributed by atoms with E-state index < -0.39 is 0 Å². The van der Waals surface area contributed by atoms with Crippen molar-refractivity contribution in [1.29, 1.82) is 0 Å². The van der Waals surface area contributed by atoms with Gasteiger partial charge in [-0.05, 0) is 31.5 Å². The number of hydrogen-bond acceptors (Lipinski definition) is 7. The maximum Gasteiger partial charge on any atom is 0.328 e. The van der Waals surface area contributed by atoms with Crippen LogP contribution in [-0.2, 0) is 14.3 Å². The maximum absolute atomic E-state index is 13.0. The average Bonchev–Trinajstić information content (AvgIpc) is 3.17. The van der Waals surface area contributed by atoms with Gasteiger partial charge in [0.05, 0.1) is 22.8 Å². The van der Waals surface area contributed by atoms with Crippen molar-refractivity contribution >= 4 is 57.5 Å². The smallest absolute Gasteiger partial charge is 0.328 e. The monoisotopic (exact) mass is 464 g/mol. The molecule has 0 fully saturated rings. The lowest BCUT2D eigenvalue weighted by Crippen LogP contribution is -2.35. The molecule has 3 amide bonds. The van der Waals surface area contributed by atoms with E-state index in [4.69, 9.17) is 4.74 Å². The van der Waals surface area contributed by atoms with Crippen LogP contribution in [0.2, 0.25) is 0 Å². The van der Waals surface area contributed by atoms with Crippen LogP contribution < -0.4 is 15.5 Å². The topological polar surface area (TPSA) is 101 Å². The molecule has 0 atom stereocenters. The van der Waals surface area contributed by atoms with E-state index in [1.807, 2.05) is 6.07 Å². The number of thioether (sulfide) groups is 1. The Balaban J connectivity index is 2.08. The Labute approximate surface area is 190 Å². The number of aromatic nitrogens is 1. The molecule has 0 aliphatic rings. The SMILES string of the molecule is CCCCCN(C(=O)Nc1ncc(SCC(=O)OCC)s1)c1cccc(NC(C)=O)c1. The van der Waals surface area contributed by atoms with Crippen molar-refractivity contribution in [3.05, 3.63) is 30.5 Å². The summed E-state index contributed by atoms with van der Waals surface area (Å²) in [6, 6.07) is 6.89. The Morgan fingerprint density at radius 3 is 2.71 bits per heavy atom. The van der Waals surface area contributed by atoms with Gasteiger partial charge in [-0.2, -0.15) is 0 Å². The first-order chi connectivity index (χ1) is 14.9. The lowest BCUT2D eigenvalue weighted by Gasteiger charge is -2.23. The number of anilines is 3. The molecule has 0 saturated heterocycles. The van der Waals surface area contributed by atoms with Crippen LogP contribution in [0.4, 0.5) is 21.3 Å². The van der Waals surface area contributed by atoms with Crippen molar-refractivity contribution in [2.75, 3.05) is 34.4 Å². The van der Waals surface area contributed by atoms with E-state index >= 15 is 0 Å². The molecule has 0 bridgehead atoms. The van der Waals surface area contributed by atoms with E-state index in [0.717, 1.165) is 23.5 Å². The second-order valence-electron chi connectivity index (χ2n) is 6.60. The van der Waals surface area contributed by atoms with Crippen LogP contribution in [0.1, 0.15) is 40.0 Å². The Morgan fingerprint density at radius 1 is 1.19 bits per heavy atom. The second kappa shape index (κ2) is 13.0. The molecule has 31 heavy (non-hydrogen) atoms. The van der Waals surface area contributed by atoms with E-state index in [-0.39, 0.29) is 23.7 Å². The number of urea groups is 1. The molecule has 168 valence electrons. The molecule has 10 heteroatoms. The van der Waals surface area contributed by atoms with Crippen LogP contribution >= 0.6 is 23.1 Å². The molecule has 0 aliphatic heterocycles. The van der Waals surface area contributed by atoms with Crippen LogP contribution in [0.3, 0.4) is 0 Å². The summed E-state index contributed by atoms with van der Waals surface area (Å²) in [5, 5.41) is 6.04. The number of ether oxygens (including phenoxy) is 1. The van der Waals surface area contributed by atoms with Crippen molar-refractivity contribution in [2.24, 2.45) is 0 Å². The number of carbonyl (C=O) groups excluding carboxylic acids is 3. The van der Waals surface area contributed by atoms with Gasteiger partial charge in [-0.15, -0.1) is 11.8 Å². The van der Waals surface area contributed by atoms with E-state index in [2.05, 4.69) is 22.5 Å². The molecule has 2 N–H and O–H groups in total. The quantitative estimate of drug-likeness (QED) is 0.276. The molecule has 8 nitrogen and oxygen atoms in total. The van der Waals surface area contributed by atoms with E-state index in [1.54, 1.807) is 36.2 Å². The summed E-state index contributed by atoms with van der Waals surface area (Å²) in [6.45, 7) is 6.20. The summed E-state index contributed by atoms with van der Waals surface area (Å²) in [7, 11) is 0. The highest BCUT2D eigenvalue weighted by Crippen LogP contribution is 2.29. The Kier molecular flexibility index (Phi) is 10.3. The van der Waals surface area contributed by atoms with Crippen LogP contribution in [0.5, 0.6) is 0 Å². The zero-order chi connectivity index (χ0) is 22.6. The van der Waals surface area contributed by atoms with Gasteiger partial charge in [0.15, 0.2) is 5.13 Å². The lowest BCUT2D eigenvalue weighted by molar-refractivity contribution is -0.139. The fraction of sp³-hybridized carbons (Fsp3) is 0.429. The third kappa shape index (κ3) is 8.58. The predicted octanol–water partition coefficient (Wildman–Crippen LogP) is 4.99. The van der Waals surface area contributed by atoms with Gasteiger partial charge in [0.25, 0.3) is 0 Å². The van der Waals surface area contributed by atoms with Gasteiger partial charge < -0.3 is 10.1 Å². The Bertz CT molecular complexity index is 888. The number of benzene rings is 1. The van der Waals surface area contributed by atoms with Crippen LogP contribution in [0.25, 0.3) is 0 Å². The highest BCUT2D eigenvalue weighted by molar-refractivity contribution is 8.01. The third-order valence-electron chi connectivity index (χ3n) is 4.04. The van der Waals surface area contributed by atoms with Gasteiger partial charge in [0.2, 0.25) is 5.91 Å². The molecular formula is C21H28N4O4S2. The molecular weight excluding hydrogens is 436 g/mol. The van der Waals surface area contributed by atoms with E-state index in [9.17, 15) is 14.4 Å². The van der Waals surface area contributed by atoms with Crippen molar-refractivity contribution in [2.45, 2.75) is 44.2 Å². The summed E-state index contributed by atoms with van der Waals surface area (Å²) < 4.78 is 5.73. The Morgan fingerprint density at radius 2 is 2.00 bits per heavy atom. The number of unbranched alkanes of at least 4 members (excludes halogenated alkanes) is 2. The molecule has 0 unspecified atom stereocenters. The standard InChI is InChI=1S/C21H28N4O4S2/c1-4-6-7-11-25(17-10-8-9-16(12-17)23-15(3)26)21(28)24-20-22-13-19(31-20)30-14-18(27)29-5-2/h8-10,12-13H,4-7,11,14H2,1-3H3,(H,23,26)(H,22,24,28). The third-order valence-corrected chi connectivity index (χ3v) is 6.13. The van der Waals surface area contributed by atoms with Crippen LogP contribution in [0, 0.1) is 0 Å². The largest absolute Gasteiger partial charge is 0.465 e. The number of hydrogen-bond donors (Lipinski definition) is 2. The van der Waals surface area contributed by atoms with Gasteiger partial charge in [-0.1, -0.05) is 37.2 Å². The van der Waals surface area contributed by atoms with Gasteiger partial charge in [0, 0.05) is 24.8 Å². The van der Waals surface area contributed by atoms with E-state index in [1.165, 1.54) is 30.0 Å². The fourth-order valence-corrected chi connectivity index (χ4v) is 4.36. The average molecular weight is 465 g/mol. The number of thiazole rings is 1. The molecule has 0 saturated carbocycles. The molecule has 1 aromatic carbocycles. The number of nitrogens with zero attached hydrogens (tertiary/aromatic N) is 2. The normalized spacial score (nSPS) is 10.4. The minimum atomic E-state index is -0.299. The van der Waals surface area contributed by atoms with Crippen molar-refractivity contribution in [3.8, 4) is 0 Å². The second-order valence-corrected chi connectivity index (χ2v) is 8.90. The first kappa shape index (κ1) is 24.7. The summed E-state index contributed by atoms with van der Waals surface area (Å²) in [5.41, 5.74) is 1.32. The molecule has 1 aromatic heterocycles. The lowest BCUT2D eigenvalue weighted by atomic mass is 10.2. The van der Waals surface area contributed by atoms with Crippen molar-refractivity contribution in [3.63, 3.8) is 0 Å². The first-order valence-corrected chi connectivity index (χ1v) is 11.9. The fourth-order valence-electron chi connectivity index (χ4n) is 2.70. The van der Waals surface area contributed by atoms with E-state index in [0.29, 0.717) is 29.7 Å². The van der Waals surface area contributed by atoms with Crippen molar-refractivity contribution in [1.82, 2.24) is 4.98 Å². The van der Waals surface area contributed by atoms with Gasteiger partial charge in [0.1, 0.15) is 0 Å². The van der Waals surface area contributed by atoms with Gasteiger partial charge in [-0.25, -0.2) is 9.78 Å². The summed E-state index contributed by atoms with van der Waals surface area (Å²) in [6.07, 6.45) is 4.52. The predicted molar refractivity (Wildman–Crippen MR) is 126 cm³/mol. The molecule has 0 radical (unpaired) electrons. The number of rotatable bonds is 11. The maximum atomic E-state index is 13.0. The van der Waals surface area contributed by atoms with Gasteiger partial charge in [-0.3, -0.25) is 19.8 Å². The summed E-state index contributed by atoms with van der Waals surface area (Å²) in [5.74, 6) is -0.259. The molecule has 2 aromatic rings. The van der Waals surface area contributed by atoms with Gasteiger partial charge >= 0.3 is 12.0 Å². The minimum Gasteiger partial charge on any atom is -0.465 e. The molecule has 2 rings (SSSR count). The minimum absolute atomic E-state index is 0.172. The zero-order valence-electron chi connectivity index (χ0n) is 18.0. The molecule has 1 heterocycles. The number of amides is 3. The van der Waals surface area contributed by atoms with Crippen LogP contribution in [0.15, 0.2) is 34.7 Å².